The Labute approximate surface area is 127 Å². The van der Waals surface area contributed by atoms with Gasteiger partial charge in [-0.05, 0) is 31.2 Å². The van der Waals surface area contributed by atoms with Crippen LogP contribution in [0.15, 0.2) is 6.07 Å². The van der Waals surface area contributed by atoms with Crippen LogP contribution >= 0.6 is 0 Å². The highest BCUT2D eigenvalue weighted by atomic mass is 16.5. The Hall–Kier alpha value is -1.36. The molecule has 1 aliphatic rings. The summed E-state index contributed by atoms with van der Waals surface area (Å²) < 4.78 is 7.07. The zero-order valence-corrected chi connectivity index (χ0v) is 13.8. The van der Waals surface area contributed by atoms with E-state index in [0.717, 1.165) is 31.7 Å². The lowest BCUT2D eigenvalue weighted by atomic mass is 9.88. The van der Waals surface area contributed by atoms with Crippen LogP contribution in [0.25, 0.3) is 0 Å². The van der Waals surface area contributed by atoms with Crippen LogP contribution in [-0.4, -0.2) is 34.9 Å². The molecule has 0 bridgehead atoms. The van der Waals surface area contributed by atoms with Gasteiger partial charge in [-0.3, -0.25) is 9.48 Å². The van der Waals surface area contributed by atoms with Gasteiger partial charge in [0.15, 0.2) is 0 Å². The summed E-state index contributed by atoms with van der Waals surface area (Å²) in [6.07, 6.45) is 1.97. The highest BCUT2D eigenvalue weighted by Crippen LogP contribution is 2.26. The quantitative estimate of drug-likeness (QED) is 0.931. The maximum absolute atomic E-state index is 12.4. The molecule has 0 spiro atoms. The summed E-state index contributed by atoms with van der Waals surface area (Å²) in [4.78, 5) is 12.4. The molecule has 2 rings (SSSR count). The molecule has 1 amide bonds. The molecule has 1 saturated heterocycles. The Kier molecular flexibility index (Phi) is 4.71. The summed E-state index contributed by atoms with van der Waals surface area (Å²) in [7, 11) is 1.83. The smallest absolute Gasteiger partial charge is 0.269 e. The second-order valence-electron chi connectivity index (χ2n) is 7.03. The van der Waals surface area contributed by atoms with E-state index >= 15 is 0 Å². The Morgan fingerprint density at radius 2 is 2.05 bits per heavy atom. The Morgan fingerprint density at radius 3 is 2.62 bits per heavy atom. The van der Waals surface area contributed by atoms with Crippen LogP contribution < -0.4 is 5.32 Å². The van der Waals surface area contributed by atoms with Crippen molar-refractivity contribution in [3.8, 4) is 0 Å². The van der Waals surface area contributed by atoms with Crippen LogP contribution in [0, 0.1) is 5.41 Å². The normalized spacial score (nSPS) is 18.5. The third kappa shape index (κ3) is 3.84. The predicted octanol–water partition coefficient (Wildman–Crippen LogP) is 2.48. The molecule has 118 valence electrons. The molecule has 2 heterocycles. The predicted molar refractivity (Wildman–Crippen MR) is 82.4 cm³/mol. The topological polar surface area (TPSA) is 56.1 Å². The highest BCUT2D eigenvalue weighted by Gasteiger charge is 2.25. The largest absolute Gasteiger partial charge is 0.381 e. The van der Waals surface area contributed by atoms with Crippen molar-refractivity contribution in [3.63, 3.8) is 0 Å². The number of amides is 1. The van der Waals surface area contributed by atoms with Crippen LogP contribution in [0.5, 0.6) is 0 Å². The second-order valence-corrected chi connectivity index (χ2v) is 7.03. The number of hydrogen-bond acceptors (Lipinski definition) is 3. The van der Waals surface area contributed by atoms with Gasteiger partial charge in [0.1, 0.15) is 5.69 Å². The maximum atomic E-state index is 12.4. The van der Waals surface area contributed by atoms with E-state index in [1.807, 2.05) is 20.0 Å². The number of aryl methyl sites for hydroxylation is 1. The van der Waals surface area contributed by atoms with Crippen LogP contribution in [-0.2, 0) is 11.8 Å². The van der Waals surface area contributed by atoms with Gasteiger partial charge in [0, 0.05) is 32.2 Å². The van der Waals surface area contributed by atoms with Crippen molar-refractivity contribution >= 4 is 5.91 Å². The summed E-state index contributed by atoms with van der Waals surface area (Å²) in [6.45, 7) is 9.96. The summed E-state index contributed by atoms with van der Waals surface area (Å²) in [5.74, 6) is 0.359. The summed E-state index contributed by atoms with van der Waals surface area (Å²) in [5.41, 5.74) is 1.68. The molecule has 1 atom stereocenters. The number of nitrogens with zero attached hydrogens (tertiary/aromatic N) is 2. The minimum atomic E-state index is -0.0502. The Balaban J connectivity index is 2.09. The van der Waals surface area contributed by atoms with Crippen LogP contribution in [0.2, 0.25) is 0 Å². The van der Waals surface area contributed by atoms with Gasteiger partial charge in [0.05, 0.1) is 5.69 Å². The third-order valence-electron chi connectivity index (χ3n) is 4.42. The fraction of sp³-hybridized carbons (Fsp3) is 0.750. The molecule has 5 heteroatoms. The molecule has 1 unspecified atom stereocenters. The molecule has 1 aromatic heterocycles. The van der Waals surface area contributed by atoms with Gasteiger partial charge in [-0.15, -0.1) is 0 Å². The third-order valence-corrected chi connectivity index (χ3v) is 4.42. The molecule has 0 radical (unpaired) electrons. The molecular formula is C16H27N3O2. The van der Waals surface area contributed by atoms with Gasteiger partial charge in [0.2, 0.25) is 0 Å². The summed E-state index contributed by atoms with van der Waals surface area (Å²) in [5, 5.41) is 7.59. The fourth-order valence-electron chi connectivity index (χ4n) is 2.38. The number of nitrogens with one attached hydrogen (secondary N) is 1. The van der Waals surface area contributed by atoms with E-state index in [4.69, 9.17) is 4.74 Å². The first-order valence-electron chi connectivity index (χ1n) is 7.71. The standard InChI is InChI=1S/C16H27N3O2/c1-11(16(2,3)4)17-15(20)14-10-13(18-19(14)5)12-6-8-21-9-7-12/h10-12H,6-9H2,1-5H3,(H,17,20). The molecule has 1 N–H and O–H groups in total. The Bertz CT molecular complexity index is 496. The van der Waals surface area contributed by atoms with E-state index in [2.05, 4.69) is 31.2 Å². The number of rotatable bonds is 3. The zero-order chi connectivity index (χ0) is 15.6. The van der Waals surface area contributed by atoms with Gasteiger partial charge < -0.3 is 10.1 Å². The number of carbonyl (C=O) groups excluding carboxylic acids is 1. The molecule has 0 aromatic carbocycles. The van der Waals surface area contributed by atoms with Gasteiger partial charge >= 0.3 is 0 Å². The zero-order valence-electron chi connectivity index (χ0n) is 13.8. The molecule has 1 aliphatic heterocycles. The van der Waals surface area contributed by atoms with Crippen molar-refractivity contribution in [2.24, 2.45) is 12.5 Å². The van der Waals surface area contributed by atoms with Crippen LogP contribution in [0.1, 0.15) is 62.6 Å². The monoisotopic (exact) mass is 293 g/mol. The van der Waals surface area contributed by atoms with E-state index in [0.29, 0.717) is 11.6 Å². The van der Waals surface area contributed by atoms with Crippen molar-refractivity contribution in [2.75, 3.05) is 13.2 Å². The van der Waals surface area contributed by atoms with E-state index in [-0.39, 0.29) is 17.4 Å². The molecule has 1 aromatic rings. The fourth-order valence-corrected chi connectivity index (χ4v) is 2.38. The van der Waals surface area contributed by atoms with Crippen molar-refractivity contribution in [2.45, 2.75) is 52.5 Å². The average molecular weight is 293 g/mol. The van der Waals surface area contributed by atoms with E-state index in [1.54, 1.807) is 4.68 Å². The molecule has 0 aliphatic carbocycles. The first kappa shape index (κ1) is 16.0. The molecule has 0 saturated carbocycles. The van der Waals surface area contributed by atoms with Crippen molar-refractivity contribution in [1.29, 1.82) is 0 Å². The van der Waals surface area contributed by atoms with Crippen LogP contribution in [0.3, 0.4) is 0 Å². The lowest BCUT2D eigenvalue weighted by Crippen LogP contribution is -2.42. The second kappa shape index (κ2) is 6.18. The minimum Gasteiger partial charge on any atom is -0.381 e. The number of carbonyl (C=O) groups is 1. The van der Waals surface area contributed by atoms with Crippen molar-refractivity contribution in [3.05, 3.63) is 17.5 Å². The first-order chi connectivity index (χ1) is 9.79. The van der Waals surface area contributed by atoms with Gasteiger partial charge in [0.25, 0.3) is 5.91 Å². The molecular weight excluding hydrogens is 266 g/mol. The average Bonchev–Trinajstić information content (AvgIpc) is 2.81. The minimum absolute atomic E-state index is 0.0395. The number of aromatic nitrogens is 2. The molecule has 21 heavy (non-hydrogen) atoms. The lowest BCUT2D eigenvalue weighted by molar-refractivity contribution is 0.0844. The summed E-state index contributed by atoms with van der Waals surface area (Å²) >= 11 is 0. The Morgan fingerprint density at radius 1 is 1.43 bits per heavy atom. The van der Waals surface area contributed by atoms with Crippen molar-refractivity contribution < 1.29 is 9.53 Å². The first-order valence-corrected chi connectivity index (χ1v) is 7.71. The van der Waals surface area contributed by atoms with Crippen LogP contribution in [0.4, 0.5) is 0 Å². The SMILES string of the molecule is CC(NC(=O)c1cc(C2CCOCC2)nn1C)C(C)(C)C. The van der Waals surface area contributed by atoms with Gasteiger partial charge in [-0.25, -0.2) is 0 Å². The van der Waals surface area contributed by atoms with E-state index in [1.165, 1.54) is 0 Å². The maximum Gasteiger partial charge on any atom is 0.269 e. The van der Waals surface area contributed by atoms with E-state index < -0.39 is 0 Å². The van der Waals surface area contributed by atoms with E-state index in [9.17, 15) is 4.79 Å². The number of ether oxygens (including phenoxy) is 1. The lowest BCUT2D eigenvalue weighted by Gasteiger charge is -2.27. The molecule has 5 nitrogen and oxygen atoms in total. The highest BCUT2D eigenvalue weighted by molar-refractivity contribution is 5.92. The van der Waals surface area contributed by atoms with Gasteiger partial charge in [-0.1, -0.05) is 20.8 Å². The van der Waals surface area contributed by atoms with Gasteiger partial charge in [-0.2, -0.15) is 5.10 Å². The summed E-state index contributed by atoms with van der Waals surface area (Å²) in [6, 6.07) is 2.03. The number of hydrogen-bond donors (Lipinski definition) is 1. The molecule has 1 fully saturated rings. The van der Waals surface area contributed by atoms with Crippen molar-refractivity contribution in [1.82, 2.24) is 15.1 Å².